The Hall–Kier alpha value is -5.17. The standard InChI is InChI=1S/C35H41N7O6/c1-21(2)13-28-33(44)37-11-12-42(20-25-5-6-29(48-25)27-7-10-38-41-27)19-22-14-26(31(47-4)30(15-22)46-3)23-16-24(18-36-17-23)32(43)40-35(8-9-35)34(45)39-28/h5-7,10,14-18,21,28H,8-9,11-13,19-20H2,1-4H3,(H,37,44)(H,38,41)(H,39,45)(H,40,43)/t28-/m1/s1. The van der Waals surface area contributed by atoms with Gasteiger partial charge in [-0.25, -0.2) is 0 Å². The molecule has 3 amide bonds. The summed E-state index contributed by atoms with van der Waals surface area (Å²) in [6, 6.07) is 10.5. The third kappa shape index (κ3) is 7.20. The highest BCUT2D eigenvalue weighted by atomic mass is 16.5. The first-order chi connectivity index (χ1) is 23.2. The number of rotatable bonds is 7. The van der Waals surface area contributed by atoms with Crippen LogP contribution >= 0.6 is 0 Å². The molecule has 4 aromatic rings. The molecule has 4 bridgehead atoms. The number of nitrogens with one attached hydrogen (secondary N) is 4. The summed E-state index contributed by atoms with van der Waals surface area (Å²) in [5.41, 5.74) is 2.24. The lowest BCUT2D eigenvalue weighted by Gasteiger charge is -2.26. The van der Waals surface area contributed by atoms with E-state index in [4.69, 9.17) is 13.9 Å². The summed E-state index contributed by atoms with van der Waals surface area (Å²) in [4.78, 5) is 47.1. The maximum atomic E-state index is 13.5. The van der Waals surface area contributed by atoms with Crippen molar-refractivity contribution in [3.63, 3.8) is 0 Å². The predicted octanol–water partition coefficient (Wildman–Crippen LogP) is 3.67. The smallest absolute Gasteiger partial charge is 0.253 e. The third-order valence-corrected chi connectivity index (χ3v) is 8.66. The highest BCUT2D eigenvalue weighted by molar-refractivity contribution is 6.02. The first-order valence-electron chi connectivity index (χ1n) is 16.1. The second-order valence-electron chi connectivity index (χ2n) is 12.8. The van der Waals surface area contributed by atoms with Gasteiger partial charge in [-0.3, -0.25) is 29.4 Å². The fourth-order valence-corrected chi connectivity index (χ4v) is 6.01. The molecule has 1 atom stereocenters. The molecular formula is C35H41N7O6. The molecule has 6 rings (SSSR count). The van der Waals surface area contributed by atoms with Crippen LogP contribution in [-0.4, -0.2) is 76.7 Å². The van der Waals surface area contributed by atoms with Crippen LogP contribution in [0.2, 0.25) is 0 Å². The van der Waals surface area contributed by atoms with Gasteiger partial charge in [0.15, 0.2) is 17.3 Å². The van der Waals surface area contributed by atoms with E-state index in [-0.39, 0.29) is 17.7 Å². The SMILES string of the molecule is COc1cc2cc(c1OC)-c1cncc(c1)C(=O)NC1(CC1)C(=O)N[C@H](CC(C)C)C(=O)NCCN(Cc1ccc(-c3ccn[nH]3)o1)C2. The van der Waals surface area contributed by atoms with E-state index >= 15 is 0 Å². The Morgan fingerprint density at radius 3 is 2.56 bits per heavy atom. The number of carbonyl (C=O) groups is 3. The fraction of sp³-hybridized carbons (Fsp3) is 0.400. The molecule has 1 saturated carbocycles. The highest BCUT2D eigenvalue weighted by Gasteiger charge is 2.52. The molecule has 4 heterocycles. The minimum absolute atomic E-state index is 0.149. The Bertz CT molecular complexity index is 1780. The molecule has 2 aliphatic rings. The number of hydrogen-bond donors (Lipinski definition) is 4. The van der Waals surface area contributed by atoms with Crippen LogP contribution in [0.4, 0.5) is 0 Å². The molecule has 0 radical (unpaired) electrons. The lowest BCUT2D eigenvalue weighted by atomic mass is 10.00. The zero-order chi connectivity index (χ0) is 33.8. The van der Waals surface area contributed by atoms with Crippen molar-refractivity contribution >= 4 is 17.7 Å². The molecule has 252 valence electrons. The Morgan fingerprint density at radius 2 is 1.85 bits per heavy atom. The van der Waals surface area contributed by atoms with Crippen molar-refractivity contribution in [3.05, 3.63) is 71.9 Å². The van der Waals surface area contributed by atoms with Gasteiger partial charge >= 0.3 is 0 Å². The van der Waals surface area contributed by atoms with Crippen molar-refractivity contribution in [3.8, 4) is 34.1 Å². The number of carbonyl (C=O) groups excluding carboxylic acids is 3. The average Bonchev–Trinajstić information content (AvgIpc) is 3.42. The van der Waals surface area contributed by atoms with E-state index in [1.165, 1.54) is 6.20 Å². The van der Waals surface area contributed by atoms with Gasteiger partial charge in [-0.15, -0.1) is 0 Å². The minimum atomic E-state index is -1.08. The van der Waals surface area contributed by atoms with E-state index in [1.54, 1.807) is 32.7 Å². The maximum Gasteiger partial charge on any atom is 0.253 e. The highest BCUT2D eigenvalue weighted by Crippen LogP contribution is 2.40. The molecule has 0 unspecified atom stereocenters. The number of nitrogens with zero attached hydrogens (tertiary/aromatic N) is 3. The van der Waals surface area contributed by atoms with Gasteiger partial charge in [0.2, 0.25) is 11.8 Å². The predicted molar refractivity (Wildman–Crippen MR) is 177 cm³/mol. The van der Waals surface area contributed by atoms with Gasteiger partial charge in [-0.05, 0) is 67.1 Å². The first kappa shape index (κ1) is 32.8. The molecule has 13 nitrogen and oxygen atoms in total. The summed E-state index contributed by atoms with van der Waals surface area (Å²) in [5.74, 6) is 1.50. The van der Waals surface area contributed by atoms with E-state index in [1.807, 2.05) is 44.2 Å². The van der Waals surface area contributed by atoms with E-state index in [2.05, 4.69) is 36.0 Å². The summed E-state index contributed by atoms with van der Waals surface area (Å²) < 4.78 is 17.7. The van der Waals surface area contributed by atoms with Crippen LogP contribution in [0.3, 0.4) is 0 Å². The summed E-state index contributed by atoms with van der Waals surface area (Å²) in [6.07, 6.45) is 6.21. The van der Waals surface area contributed by atoms with Crippen LogP contribution in [0.15, 0.2) is 59.4 Å². The number of aromatic nitrogens is 3. The van der Waals surface area contributed by atoms with Crippen LogP contribution in [0, 0.1) is 5.92 Å². The van der Waals surface area contributed by atoms with Gasteiger partial charge in [0.25, 0.3) is 5.91 Å². The normalized spacial score (nSPS) is 18.4. The van der Waals surface area contributed by atoms with Crippen molar-refractivity contribution < 1.29 is 28.3 Å². The number of benzene rings is 1. The summed E-state index contributed by atoms with van der Waals surface area (Å²) in [6.45, 7) is 5.71. The topological polar surface area (TPSA) is 164 Å². The number of aromatic amines is 1. The van der Waals surface area contributed by atoms with E-state index < -0.39 is 17.5 Å². The number of H-pyrrole nitrogens is 1. The van der Waals surface area contributed by atoms with E-state index in [0.717, 1.165) is 17.0 Å². The van der Waals surface area contributed by atoms with Crippen LogP contribution in [0.5, 0.6) is 11.5 Å². The Balaban J connectivity index is 1.38. The van der Waals surface area contributed by atoms with Crippen LogP contribution < -0.4 is 25.4 Å². The Labute approximate surface area is 278 Å². The van der Waals surface area contributed by atoms with Gasteiger partial charge in [0.1, 0.15) is 23.0 Å². The molecule has 1 spiro atoms. The van der Waals surface area contributed by atoms with Crippen molar-refractivity contribution in [1.29, 1.82) is 0 Å². The minimum Gasteiger partial charge on any atom is -0.493 e. The number of amides is 3. The molecule has 1 aliphatic carbocycles. The molecule has 1 aliphatic heterocycles. The summed E-state index contributed by atoms with van der Waals surface area (Å²) in [7, 11) is 3.14. The van der Waals surface area contributed by atoms with Crippen LogP contribution in [0.1, 0.15) is 54.8 Å². The molecule has 1 aromatic carbocycles. The lowest BCUT2D eigenvalue weighted by Crippen LogP contribution is -2.55. The number of furan rings is 1. The van der Waals surface area contributed by atoms with Crippen molar-refractivity contribution in [2.45, 2.75) is 57.8 Å². The number of pyridine rings is 1. The van der Waals surface area contributed by atoms with Gasteiger partial charge in [0, 0.05) is 49.4 Å². The summed E-state index contributed by atoms with van der Waals surface area (Å²) >= 11 is 0. The zero-order valence-corrected chi connectivity index (χ0v) is 27.6. The monoisotopic (exact) mass is 655 g/mol. The third-order valence-electron chi connectivity index (χ3n) is 8.66. The molecule has 3 aromatic heterocycles. The number of ether oxygens (including phenoxy) is 2. The molecular weight excluding hydrogens is 614 g/mol. The Kier molecular flexibility index (Phi) is 9.49. The van der Waals surface area contributed by atoms with Gasteiger partial charge in [-0.2, -0.15) is 5.10 Å². The number of fused-ring (bicyclic) bond motifs is 5. The molecule has 4 N–H and O–H groups in total. The average molecular weight is 656 g/mol. The molecule has 48 heavy (non-hydrogen) atoms. The summed E-state index contributed by atoms with van der Waals surface area (Å²) in [5, 5.41) is 15.8. The number of methoxy groups -OCH3 is 2. The van der Waals surface area contributed by atoms with Gasteiger partial charge in [-0.1, -0.05) is 13.8 Å². The first-order valence-corrected chi connectivity index (χ1v) is 16.1. The van der Waals surface area contributed by atoms with Gasteiger partial charge in [0.05, 0.1) is 26.3 Å². The van der Waals surface area contributed by atoms with Crippen LogP contribution in [-0.2, 0) is 22.7 Å². The maximum absolute atomic E-state index is 13.5. The second kappa shape index (κ2) is 13.9. The number of hydrogen-bond acceptors (Lipinski definition) is 9. The fourth-order valence-electron chi connectivity index (χ4n) is 6.01. The van der Waals surface area contributed by atoms with Crippen molar-refractivity contribution in [2.24, 2.45) is 5.92 Å². The van der Waals surface area contributed by atoms with Gasteiger partial charge < -0.3 is 29.8 Å². The zero-order valence-electron chi connectivity index (χ0n) is 27.6. The van der Waals surface area contributed by atoms with E-state index in [0.29, 0.717) is 79.4 Å². The quantitative estimate of drug-likeness (QED) is 0.233. The molecule has 0 saturated heterocycles. The largest absolute Gasteiger partial charge is 0.493 e. The van der Waals surface area contributed by atoms with E-state index in [9.17, 15) is 14.4 Å². The second-order valence-corrected chi connectivity index (χ2v) is 12.8. The molecule has 13 heteroatoms. The van der Waals surface area contributed by atoms with Crippen LogP contribution in [0.25, 0.3) is 22.6 Å². The molecule has 1 fully saturated rings. The van der Waals surface area contributed by atoms with Crippen molar-refractivity contribution in [2.75, 3.05) is 27.3 Å². The lowest BCUT2D eigenvalue weighted by molar-refractivity contribution is -0.130. The van der Waals surface area contributed by atoms with Crippen molar-refractivity contribution in [1.82, 2.24) is 36.0 Å². The Morgan fingerprint density at radius 1 is 1.04 bits per heavy atom.